The maximum Gasteiger partial charge on any atom is 0.302 e. The SMILES string of the molecule is CC(=O)OCCn1c(C)nc(/C=C2\N=c3ccccc3=C2Br)c1O. The third-order valence-electron chi connectivity index (χ3n) is 3.66. The number of ether oxygens (including phenoxy) is 1. The highest BCUT2D eigenvalue weighted by atomic mass is 79.9. The van der Waals surface area contributed by atoms with E-state index in [1.807, 2.05) is 24.3 Å². The summed E-state index contributed by atoms with van der Waals surface area (Å²) in [7, 11) is 0. The van der Waals surface area contributed by atoms with Gasteiger partial charge >= 0.3 is 5.97 Å². The zero-order valence-electron chi connectivity index (χ0n) is 13.3. The highest BCUT2D eigenvalue weighted by molar-refractivity contribution is 9.15. The Morgan fingerprint density at radius 3 is 2.88 bits per heavy atom. The van der Waals surface area contributed by atoms with Crippen LogP contribution in [0, 0.1) is 6.92 Å². The molecule has 0 amide bonds. The number of hydrogen-bond acceptors (Lipinski definition) is 5. The maximum atomic E-state index is 10.8. The zero-order valence-corrected chi connectivity index (χ0v) is 14.9. The molecule has 0 radical (unpaired) electrons. The number of carbonyl (C=O) groups excluding carboxylic acids is 1. The number of rotatable bonds is 4. The van der Waals surface area contributed by atoms with Crippen molar-refractivity contribution in [2.24, 2.45) is 4.99 Å². The maximum absolute atomic E-state index is 10.8. The van der Waals surface area contributed by atoms with E-state index in [9.17, 15) is 9.90 Å². The lowest BCUT2D eigenvalue weighted by Gasteiger charge is -2.06. The van der Waals surface area contributed by atoms with E-state index in [0.29, 0.717) is 23.8 Å². The first-order valence-electron chi connectivity index (χ1n) is 7.42. The Morgan fingerprint density at radius 1 is 1.42 bits per heavy atom. The van der Waals surface area contributed by atoms with Crippen LogP contribution >= 0.6 is 15.9 Å². The van der Waals surface area contributed by atoms with E-state index >= 15 is 0 Å². The third kappa shape index (κ3) is 3.12. The quantitative estimate of drug-likeness (QED) is 0.806. The van der Waals surface area contributed by atoms with Crippen molar-refractivity contribution in [1.82, 2.24) is 9.55 Å². The summed E-state index contributed by atoms with van der Waals surface area (Å²) in [6.45, 7) is 3.66. The van der Waals surface area contributed by atoms with E-state index in [1.54, 1.807) is 17.6 Å². The summed E-state index contributed by atoms with van der Waals surface area (Å²) in [5.74, 6) is 0.312. The van der Waals surface area contributed by atoms with Gasteiger partial charge in [-0.1, -0.05) is 18.2 Å². The summed E-state index contributed by atoms with van der Waals surface area (Å²) in [5, 5.41) is 12.3. The van der Waals surface area contributed by atoms with Crippen molar-refractivity contribution in [2.45, 2.75) is 20.4 Å². The van der Waals surface area contributed by atoms with Gasteiger partial charge in [0.15, 0.2) is 0 Å². The van der Waals surface area contributed by atoms with Gasteiger partial charge in [-0.05, 0) is 35.0 Å². The Balaban J connectivity index is 1.92. The van der Waals surface area contributed by atoms with E-state index in [-0.39, 0.29) is 18.5 Å². The lowest BCUT2D eigenvalue weighted by atomic mass is 10.2. The van der Waals surface area contributed by atoms with Crippen molar-refractivity contribution in [3.8, 4) is 5.88 Å². The second-order valence-corrected chi connectivity index (χ2v) is 6.13. The number of para-hydroxylation sites is 1. The first-order chi connectivity index (χ1) is 11.5. The van der Waals surface area contributed by atoms with Gasteiger partial charge in [-0.15, -0.1) is 0 Å². The Morgan fingerprint density at radius 2 is 2.17 bits per heavy atom. The summed E-state index contributed by atoms with van der Waals surface area (Å²) in [4.78, 5) is 19.8. The number of hydrogen-bond donors (Lipinski definition) is 1. The first kappa shape index (κ1) is 16.4. The molecule has 0 atom stereocenters. The molecule has 2 aromatic rings. The summed E-state index contributed by atoms with van der Waals surface area (Å²) in [6, 6.07) is 7.79. The fraction of sp³-hybridized carbons (Fsp3) is 0.235. The van der Waals surface area contributed by atoms with Crippen LogP contribution in [0.15, 0.2) is 35.0 Å². The monoisotopic (exact) mass is 389 g/mol. The molecule has 0 bridgehead atoms. The molecule has 124 valence electrons. The number of carbonyl (C=O) groups is 1. The number of allylic oxidation sites excluding steroid dienone is 1. The number of aromatic hydroxyl groups is 1. The van der Waals surface area contributed by atoms with Crippen molar-refractivity contribution in [1.29, 1.82) is 0 Å². The second-order valence-electron chi connectivity index (χ2n) is 5.33. The van der Waals surface area contributed by atoms with Gasteiger partial charge in [0.25, 0.3) is 0 Å². The third-order valence-corrected chi connectivity index (χ3v) is 4.49. The lowest BCUT2D eigenvalue weighted by molar-refractivity contribution is -0.141. The molecule has 24 heavy (non-hydrogen) atoms. The molecule has 7 heteroatoms. The average molecular weight is 390 g/mol. The molecule has 0 unspecified atom stereocenters. The minimum absolute atomic E-state index is 0.0265. The normalized spacial score (nSPS) is 14.6. The molecule has 0 spiro atoms. The van der Waals surface area contributed by atoms with Gasteiger partial charge in [0.2, 0.25) is 5.88 Å². The van der Waals surface area contributed by atoms with Crippen LogP contribution in [0.3, 0.4) is 0 Å². The zero-order chi connectivity index (χ0) is 17.3. The smallest absolute Gasteiger partial charge is 0.302 e. The van der Waals surface area contributed by atoms with Gasteiger partial charge in [-0.3, -0.25) is 9.36 Å². The first-order valence-corrected chi connectivity index (χ1v) is 8.22. The highest BCUT2D eigenvalue weighted by Crippen LogP contribution is 2.27. The van der Waals surface area contributed by atoms with Crippen LogP contribution in [-0.2, 0) is 16.1 Å². The molecule has 1 N–H and O–H groups in total. The Kier molecular flexibility index (Phi) is 4.53. The fourth-order valence-corrected chi connectivity index (χ4v) is 3.06. The largest absolute Gasteiger partial charge is 0.493 e. The molecule has 2 heterocycles. The number of aryl methyl sites for hydroxylation is 1. The predicted molar refractivity (Wildman–Crippen MR) is 92.8 cm³/mol. The van der Waals surface area contributed by atoms with Crippen LogP contribution in [-0.4, -0.2) is 27.2 Å². The molecule has 0 fully saturated rings. The van der Waals surface area contributed by atoms with Crippen molar-refractivity contribution < 1.29 is 14.6 Å². The van der Waals surface area contributed by atoms with Gasteiger partial charge in [-0.2, -0.15) is 0 Å². The Hall–Kier alpha value is -2.41. The van der Waals surface area contributed by atoms with Crippen molar-refractivity contribution in [3.63, 3.8) is 0 Å². The van der Waals surface area contributed by atoms with Crippen LogP contribution in [0.1, 0.15) is 18.4 Å². The molecule has 0 aliphatic carbocycles. The van der Waals surface area contributed by atoms with Crippen LogP contribution in [0.25, 0.3) is 10.6 Å². The number of aromatic nitrogens is 2. The number of halogens is 1. The number of benzene rings is 1. The van der Waals surface area contributed by atoms with E-state index in [1.165, 1.54) is 6.92 Å². The molecule has 1 aromatic carbocycles. The number of nitrogens with zero attached hydrogens (tertiary/aromatic N) is 3. The number of fused-ring (bicyclic) bond motifs is 1. The van der Waals surface area contributed by atoms with E-state index in [0.717, 1.165) is 15.1 Å². The van der Waals surface area contributed by atoms with Gasteiger partial charge in [0.1, 0.15) is 18.1 Å². The Bertz CT molecular complexity index is 960. The molecular weight excluding hydrogens is 374 g/mol. The molecule has 3 rings (SSSR count). The summed E-state index contributed by atoms with van der Waals surface area (Å²) >= 11 is 3.55. The fourth-order valence-electron chi connectivity index (χ4n) is 2.52. The molecular formula is C17H16BrN3O3. The minimum atomic E-state index is -0.351. The lowest BCUT2D eigenvalue weighted by Crippen LogP contribution is -2.20. The minimum Gasteiger partial charge on any atom is -0.493 e. The van der Waals surface area contributed by atoms with E-state index < -0.39 is 0 Å². The van der Waals surface area contributed by atoms with Gasteiger partial charge in [-0.25, -0.2) is 9.98 Å². The van der Waals surface area contributed by atoms with Crippen molar-refractivity contribution in [3.05, 3.63) is 52.1 Å². The van der Waals surface area contributed by atoms with E-state index in [2.05, 4.69) is 25.9 Å². The highest BCUT2D eigenvalue weighted by Gasteiger charge is 2.16. The van der Waals surface area contributed by atoms with Crippen molar-refractivity contribution in [2.75, 3.05) is 6.61 Å². The molecule has 6 nitrogen and oxygen atoms in total. The van der Waals surface area contributed by atoms with Crippen LogP contribution in [0.5, 0.6) is 5.88 Å². The molecule has 1 aliphatic heterocycles. The number of esters is 1. The van der Waals surface area contributed by atoms with Crippen molar-refractivity contribution >= 4 is 32.5 Å². The number of imidazole rings is 1. The molecule has 1 aliphatic rings. The summed E-state index contributed by atoms with van der Waals surface area (Å²) < 4.78 is 7.38. The van der Waals surface area contributed by atoms with E-state index in [4.69, 9.17) is 4.74 Å². The van der Waals surface area contributed by atoms with Crippen LogP contribution < -0.4 is 10.6 Å². The van der Waals surface area contributed by atoms with Gasteiger partial charge in [0.05, 0.1) is 22.1 Å². The topological polar surface area (TPSA) is 76.7 Å². The predicted octanol–water partition coefficient (Wildman–Crippen LogP) is 1.64. The van der Waals surface area contributed by atoms with Gasteiger partial charge in [0, 0.05) is 12.1 Å². The van der Waals surface area contributed by atoms with Crippen LogP contribution in [0.2, 0.25) is 0 Å². The van der Waals surface area contributed by atoms with Crippen LogP contribution in [0.4, 0.5) is 0 Å². The molecule has 1 aromatic heterocycles. The summed E-state index contributed by atoms with van der Waals surface area (Å²) in [5.41, 5.74) is 1.13. The van der Waals surface area contributed by atoms with Gasteiger partial charge < -0.3 is 9.84 Å². The summed E-state index contributed by atoms with van der Waals surface area (Å²) in [6.07, 6.45) is 1.73. The second kappa shape index (κ2) is 6.60. The average Bonchev–Trinajstić information content (AvgIpc) is 2.99. The molecule has 0 saturated carbocycles. The Labute approximate surface area is 146 Å². The standard InChI is InChI=1S/C17H16BrN3O3/c1-10-19-15(17(23)21(10)7-8-24-11(2)22)9-14-16(18)12-5-3-4-6-13(12)20-14/h3-6,9,23H,7-8H2,1-2H3/b14-9-. The molecule has 0 saturated heterocycles.